The number of aryl methyl sites for hydroxylation is 1. The topological polar surface area (TPSA) is 95.1 Å². The summed E-state index contributed by atoms with van der Waals surface area (Å²) in [6.45, 7) is 0. The van der Waals surface area contributed by atoms with Gasteiger partial charge in [0.05, 0.1) is 16.6 Å². The molecule has 0 fully saturated rings. The summed E-state index contributed by atoms with van der Waals surface area (Å²) >= 11 is 6.35. The molecule has 4 aromatic carbocycles. The van der Waals surface area contributed by atoms with Crippen LogP contribution in [0.1, 0.15) is 32.7 Å². The summed E-state index contributed by atoms with van der Waals surface area (Å²) in [6, 6.07) is 27.6. The molecule has 0 aliphatic rings. The number of hydrogen-bond donors (Lipinski definition) is 3. The molecule has 7 heteroatoms. The second-order valence-electron chi connectivity index (χ2n) is 8.40. The number of ketones is 1. The maximum absolute atomic E-state index is 12.9. The van der Waals surface area contributed by atoms with Crippen LogP contribution in [0.4, 0.5) is 0 Å². The second-order valence-corrected chi connectivity index (χ2v) is 8.84. The number of amides is 1. The quantitative estimate of drug-likeness (QED) is 0.137. The number of benzene rings is 4. The van der Waals surface area contributed by atoms with Crippen LogP contribution < -0.4 is 5.48 Å². The molecule has 0 bridgehead atoms. The molecule has 36 heavy (non-hydrogen) atoms. The molecule has 0 radical (unpaired) electrons. The third-order valence-corrected chi connectivity index (χ3v) is 6.32. The monoisotopic (exact) mass is 495 g/mol. The molecule has 0 unspecified atom stereocenters. The van der Waals surface area contributed by atoms with E-state index in [9.17, 15) is 14.8 Å². The minimum atomic E-state index is -0.724. The second kappa shape index (κ2) is 10.2. The zero-order valence-corrected chi connectivity index (χ0v) is 19.9. The van der Waals surface area contributed by atoms with Gasteiger partial charge in [-0.15, -0.1) is 0 Å². The van der Waals surface area contributed by atoms with Gasteiger partial charge >= 0.3 is 0 Å². The van der Waals surface area contributed by atoms with E-state index in [1.54, 1.807) is 29.7 Å². The lowest BCUT2D eigenvalue weighted by Gasteiger charge is -2.14. The third kappa shape index (κ3) is 4.77. The first kappa shape index (κ1) is 23.5. The molecule has 178 valence electrons. The number of nitrogens with zero attached hydrogens (tertiary/aromatic N) is 1. The minimum Gasteiger partial charge on any atom is -0.338 e. The fourth-order valence-corrected chi connectivity index (χ4v) is 4.45. The highest BCUT2D eigenvalue weighted by Crippen LogP contribution is 2.36. The lowest BCUT2D eigenvalue weighted by molar-refractivity contribution is 0.0707. The van der Waals surface area contributed by atoms with Crippen LogP contribution in [0.5, 0.6) is 0 Å². The number of nitrogens with one attached hydrogen (secondary N) is 2. The Morgan fingerprint density at radius 1 is 0.861 bits per heavy atom. The van der Waals surface area contributed by atoms with Crippen molar-refractivity contribution in [2.45, 2.75) is 12.8 Å². The van der Waals surface area contributed by atoms with Gasteiger partial charge in [-0.3, -0.25) is 14.8 Å². The lowest BCUT2D eigenvalue weighted by Crippen LogP contribution is -2.20. The van der Waals surface area contributed by atoms with Crippen molar-refractivity contribution < 1.29 is 14.8 Å². The SMILES string of the molecule is O=C(CCc1ccccc1)c1ccc(-c2cc(Cl)ccc2-c2nc3ccccc3[nH]2)c(C(=O)NO)c1. The number of aromatic amines is 1. The van der Waals surface area contributed by atoms with E-state index in [4.69, 9.17) is 11.6 Å². The van der Waals surface area contributed by atoms with E-state index in [-0.39, 0.29) is 11.3 Å². The van der Waals surface area contributed by atoms with E-state index in [0.717, 1.165) is 22.2 Å². The van der Waals surface area contributed by atoms with Gasteiger partial charge in [-0.2, -0.15) is 0 Å². The molecule has 0 saturated heterocycles. The van der Waals surface area contributed by atoms with Crippen molar-refractivity contribution in [1.29, 1.82) is 0 Å². The molecule has 0 atom stereocenters. The summed E-state index contributed by atoms with van der Waals surface area (Å²) < 4.78 is 0. The van der Waals surface area contributed by atoms with E-state index < -0.39 is 5.91 Å². The number of carbonyl (C=O) groups excluding carboxylic acids is 2. The predicted octanol–water partition coefficient (Wildman–Crippen LogP) is 6.48. The van der Waals surface area contributed by atoms with Gasteiger partial charge in [0.1, 0.15) is 5.82 Å². The number of carbonyl (C=O) groups is 2. The molecule has 0 aliphatic carbocycles. The fraction of sp³-hybridized carbons (Fsp3) is 0.0690. The number of H-pyrrole nitrogens is 1. The van der Waals surface area contributed by atoms with Crippen LogP contribution in [-0.2, 0) is 6.42 Å². The maximum atomic E-state index is 12.9. The van der Waals surface area contributed by atoms with Gasteiger partial charge in [0.2, 0.25) is 0 Å². The average molecular weight is 496 g/mol. The van der Waals surface area contributed by atoms with Crippen molar-refractivity contribution in [2.75, 3.05) is 0 Å². The Morgan fingerprint density at radius 2 is 1.61 bits per heavy atom. The van der Waals surface area contributed by atoms with Crippen molar-refractivity contribution in [3.8, 4) is 22.5 Å². The smallest absolute Gasteiger partial charge is 0.275 e. The standard InChI is InChI=1S/C29H22ClN3O3/c30-20-12-14-22(28-31-25-8-4-5-9-26(25)32-28)23(17-20)21-13-11-19(16-24(21)29(35)33-36)27(34)15-10-18-6-2-1-3-7-18/h1-9,11-14,16-17,36H,10,15H2,(H,31,32)(H,33,35). The Hall–Kier alpha value is -4.26. The van der Waals surface area contributed by atoms with Crippen molar-refractivity contribution in [3.63, 3.8) is 0 Å². The van der Waals surface area contributed by atoms with E-state index in [1.165, 1.54) is 6.07 Å². The Balaban J connectivity index is 1.56. The zero-order chi connectivity index (χ0) is 25.1. The van der Waals surface area contributed by atoms with E-state index in [2.05, 4.69) is 9.97 Å². The van der Waals surface area contributed by atoms with Crippen molar-refractivity contribution in [3.05, 3.63) is 113 Å². The first-order valence-corrected chi connectivity index (χ1v) is 11.8. The Bertz CT molecular complexity index is 1540. The predicted molar refractivity (Wildman–Crippen MR) is 140 cm³/mol. The normalized spacial score (nSPS) is 10.9. The van der Waals surface area contributed by atoms with Crippen LogP contribution in [0.3, 0.4) is 0 Å². The number of aromatic nitrogens is 2. The number of halogens is 1. The number of hydroxylamine groups is 1. The molecule has 3 N–H and O–H groups in total. The Labute approximate surface area is 212 Å². The molecule has 0 spiro atoms. The fourth-order valence-electron chi connectivity index (χ4n) is 4.27. The molecule has 1 amide bonds. The van der Waals surface area contributed by atoms with Crippen LogP contribution in [-0.4, -0.2) is 26.9 Å². The zero-order valence-electron chi connectivity index (χ0n) is 19.2. The largest absolute Gasteiger partial charge is 0.338 e. The van der Waals surface area contributed by atoms with Gasteiger partial charge < -0.3 is 4.98 Å². The molecular formula is C29H22ClN3O3. The number of para-hydroxylation sites is 2. The van der Waals surface area contributed by atoms with Crippen molar-refractivity contribution in [2.24, 2.45) is 0 Å². The maximum Gasteiger partial charge on any atom is 0.275 e. The average Bonchev–Trinajstić information content (AvgIpc) is 3.35. The van der Waals surface area contributed by atoms with Gasteiger partial charge in [-0.05, 0) is 59.5 Å². The number of hydrogen-bond acceptors (Lipinski definition) is 4. The van der Waals surface area contributed by atoms with Crippen LogP contribution in [0.15, 0.2) is 91.0 Å². The summed E-state index contributed by atoms with van der Waals surface area (Å²) in [5, 5.41) is 9.92. The van der Waals surface area contributed by atoms with Crippen molar-refractivity contribution in [1.82, 2.24) is 15.4 Å². The van der Waals surface area contributed by atoms with Gasteiger partial charge in [0.15, 0.2) is 5.78 Å². The van der Waals surface area contributed by atoms with Gasteiger partial charge in [0, 0.05) is 22.6 Å². The highest BCUT2D eigenvalue weighted by molar-refractivity contribution is 6.31. The van der Waals surface area contributed by atoms with Crippen LogP contribution in [0, 0.1) is 0 Å². The Morgan fingerprint density at radius 3 is 2.39 bits per heavy atom. The number of Topliss-reactive ketones (excluding diaryl/α,β-unsaturated/α-hetero) is 1. The summed E-state index contributed by atoms with van der Waals surface area (Å²) in [6.07, 6.45) is 0.887. The summed E-state index contributed by atoms with van der Waals surface area (Å²) in [4.78, 5) is 33.6. The lowest BCUT2D eigenvalue weighted by atomic mass is 9.91. The van der Waals surface area contributed by atoms with Crippen LogP contribution >= 0.6 is 11.6 Å². The molecule has 1 aromatic heterocycles. The van der Waals surface area contributed by atoms with E-state index in [0.29, 0.717) is 40.4 Å². The highest BCUT2D eigenvalue weighted by Gasteiger charge is 2.20. The first-order valence-electron chi connectivity index (χ1n) is 11.4. The number of imidazole rings is 1. The van der Waals surface area contributed by atoms with Gasteiger partial charge in [-0.25, -0.2) is 10.5 Å². The van der Waals surface area contributed by atoms with E-state index in [1.807, 2.05) is 60.7 Å². The number of fused-ring (bicyclic) bond motifs is 1. The van der Waals surface area contributed by atoms with Crippen molar-refractivity contribution >= 4 is 34.3 Å². The molecule has 5 rings (SSSR count). The molecule has 5 aromatic rings. The molecule has 0 saturated carbocycles. The molecular weight excluding hydrogens is 474 g/mol. The molecule has 0 aliphatic heterocycles. The molecule has 1 heterocycles. The summed E-state index contributed by atoms with van der Waals surface area (Å²) in [7, 11) is 0. The number of rotatable bonds is 7. The minimum absolute atomic E-state index is 0.0963. The van der Waals surface area contributed by atoms with Gasteiger partial charge in [-0.1, -0.05) is 66.2 Å². The first-order chi connectivity index (χ1) is 17.5. The molecule has 6 nitrogen and oxygen atoms in total. The van der Waals surface area contributed by atoms with Crippen LogP contribution in [0.2, 0.25) is 5.02 Å². The van der Waals surface area contributed by atoms with E-state index >= 15 is 0 Å². The summed E-state index contributed by atoms with van der Waals surface area (Å²) in [5.74, 6) is -0.208. The van der Waals surface area contributed by atoms with Gasteiger partial charge in [0.25, 0.3) is 5.91 Å². The Kier molecular flexibility index (Phi) is 6.62. The van der Waals surface area contributed by atoms with Crippen LogP contribution in [0.25, 0.3) is 33.5 Å². The summed E-state index contributed by atoms with van der Waals surface area (Å²) in [5.41, 5.74) is 6.87. The third-order valence-electron chi connectivity index (χ3n) is 6.09. The highest BCUT2D eigenvalue weighted by atomic mass is 35.5.